The molecule has 3 aromatic carbocycles. The predicted octanol–water partition coefficient (Wildman–Crippen LogP) is 3.05. The third-order valence-corrected chi connectivity index (χ3v) is 11.7. The van der Waals surface area contributed by atoms with Crippen molar-refractivity contribution in [2.24, 2.45) is 0 Å². The molecule has 1 aliphatic heterocycles. The molecule has 2 unspecified atom stereocenters. The number of carbonyl (C=O) groups is 3. The molecular weight excluding hydrogens is 509 g/mol. The van der Waals surface area contributed by atoms with Crippen LogP contribution in [0.4, 0.5) is 0 Å². The highest BCUT2D eigenvalue weighted by atomic mass is 79.9. The molecule has 1 saturated heterocycles. The van der Waals surface area contributed by atoms with E-state index in [-0.39, 0.29) is 11.3 Å². The molecule has 162 valence electrons. The van der Waals surface area contributed by atoms with Gasteiger partial charge in [0.05, 0.1) is 0 Å². The summed E-state index contributed by atoms with van der Waals surface area (Å²) in [5, 5.41) is 12.4. The number of β-lactam (4-membered cyclic amide) rings is 1. The molecule has 1 N–H and O–H groups in total. The summed E-state index contributed by atoms with van der Waals surface area (Å²) in [4.78, 5) is 38.0. The first-order chi connectivity index (χ1) is 15.5. The van der Waals surface area contributed by atoms with Gasteiger partial charge in [0.15, 0.2) is 5.62 Å². The zero-order valence-electron chi connectivity index (χ0n) is 16.7. The molecule has 1 heterocycles. The Morgan fingerprint density at radius 3 is 1.62 bits per heavy atom. The fourth-order valence-electron chi connectivity index (χ4n) is 4.02. The van der Waals surface area contributed by atoms with Crippen molar-refractivity contribution in [2.75, 3.05) is 0 Å². The number of aliphatic carboxylic acids is 1. The third kappa shape index (κ3) is 3.64. The van der Waals surface area contributed by atoms with Gasteiger partial charge in [-0.15, -0.1) is 0 Å². The van der Waals surface area contributed by atoms with E-state index in [2.05, 4.69) is 15.9 Å². The first kappa shape index (κ1) is 22.6. The molecule has 1 fully saturated rings. The van der Waals surface area contributed by atoms with Gasteiger partial charge >= 0.3 is 5.97 Å². The number of hydrogen-bond acceptors (Lipinski definition) is 4. The smallest absolute Gasteiger partial charge is 0.353 e. The number of amides is 1. The van der Waals surface area contributed by atoms with Crippen molar-refractivity contribution in [2.45, 2.75) is 10.2 Å². The molecule has 32 heavy (non-hydrogen) atoms. The maximum absolute atomic E-state index is 13.0. The van der Waals surface area contributed by atoms with Crippen molar-refractivity contribution in [3.05, 3.63) is 91.0 Å². The fourth-order valence-corrected chi connectivity index (χ4v) is 9.95. The van der Waals surface area contributed by atoms with E-state index in [1.54, 1.807) is 0 Å². The number of carboxylic acid groups (broad SMARTS) is 1. The number of nitrogens with zero attached hydrogens (tertiary/aromatic N) is 1. The molecule has 1 aliphatic rings. The lowest BCUT2D eigenvalue weighted by atomic mass is 10.2. The van der Waals surface area contributed by atoms with Gasteiger partial charge in [-0.3, -0.25) is 14.5 Å². The summed E-state index contributed by atoms with van der Waals surface area (Å²) in [5.74, 6) is -1.55. The Balaban J connectivity index is 2.22. The van der Waals surface area contributed by atoms with Crippen LogP contribution in [0.5, 0.6) is 0 Å². The molecule has 4 rings (SSSR count). The van der Waals surface area contributed by atoms with E-state index in [0.717, 1.165) is 27.7 Å². The summed E-state index contributed by atoms with van der Waals surface area (Å²) in [7, 11) is 0. The van der Waals surface area contributed by atoms with Crippen LogP contribution in [-0.2, 0) is 14.4 Å². The number of carboxylic acids is 1. The number of thioether (sulfide) groups is 1. The highest BCUT2D eigenvalue weighted by molar-refractivity contribution is 9.10. The van der Waals surface area contributed by atoms with Gasteiger partial charge in [-0.2, -0.15) is 0 Å². The van der Waals surface area contributed by atoms with Gasteiger partial charge in [-0.1, -0.05) is 119 Å². The quantitative estimate of drug-likeness (QED) is 0.221. The topological polar surface area (TPSA) is 74.7 Å². The summed E-state index contributed by atoms with van der Waals surface area (Å²) in [6, 6.07) is 28.3. The van der Waals surface area contributed by atoms with Gasteiger partial charge in [0.1, 0.15) is 15.6 Å². The molecule has 3 aromatic rings. The van der Waals surface area contributed by atoms with Crippen molar-refractivity contribution >= 4 is 73.4 Å². The van der Waals surface area contributed by atoms with E-state index < -0.39 is 23.1 Å². The monoisotopic (exact) mass is 527 g/mol. The van der Waals surface area contributed by atoms with E-state index in [1.165, 1.54) is 4.90 Å². The first-order valence-corrected chi connectivity index (χ1v) is 13.4. The lowest BCUT2D eigenvalue weighted by Crippen LogP contribution is -2.65. The zero-order valence-corrected chi connectivity index (χ0v) is 20.0. The second-order valence-electron chi connectivity index (χ2n) is 7.04. The predicted molar refractivity (Wildman–Crippen MR) is 135 cm³/mol. The number of benzene rings is 3. The Morgan fingerprint density at radius 1 is 0.875 bits per heavy atom. The minimum Gasteiger partial charge on any atom is -0.477 e. The van der Waals surface area contributed by atoms with Gasteiger partial charge in [-0.05, 0) is 15.9 Å². The number of carbonyl (C=O) groups excluding carboxylic acids is 2. The second-order valence-corrected chi connectivity index (χ2v) is 12.3. The molecule has 5 nitrogen and oxygen atoms in total. The Hall–Kier alpha value is -2.60. The minimum absolute atomic E-state index is 0.00106. The summed E-state index contributed by atoms with van der Waals surface area (Å²) in [6.07, 6.45) is 0. The summed E-state index contributed by atoms with van der Waals surface area (Å²) < 4.78 is 0. The SMILES string of the molecule is O=CSC1C(Br)C(=O)N1C(C(=O)O)=P(c1ccccc1)(c1ccccc1)c1ccccc1. The van der Waals surface area contributed by atoms with Crippen molar-refractivity contribution in [1.82, 2.24) is 4.90 Å². The fraction of sp³-hybridized carbons (Fsp3) is 0.0833. The number of likely N-dealkylation sites (tertiary alicyclic amines) is 1. The van der Waals surface area contributed by atoms with Crippen molar-refractivity contribution in [3.63, 3.8) is 0 Å². The van der Waals surface area contributed by atoms with E-state index >= 15 is 0 Å². The Morgan fingerprint density at radius 2 is 1.28 bits per heavy atom. The molecule has 1 amide bonds. The normalized spacial score (nSPS) is 18.0. The van der Waals surface area contributed by atoms with Crippen LogP contribution in [0.15, 0.2) is 91.0 Å². The van der Waals surface area contributed by atoms with Crippen LogP contribution in [-0.4, -0.2) is 43.1 Å². The van der Waals surface area contributed by atoms with Crippen LogP contribution < -0.4 is 15.9 Å². The van der Waals surface area contributed by atoms with Gasteiger partial charge < -0.3 is 5.11 Å². The highest BCUT2D eigenvalue weighted by Gasteiger charge is 2.52. The summed E-state index contributed by atoms with van der Waals surface area (Å²) in [5.41, 5.74) is 0.645. The van der Waals surface area contributed by atoms with Gasteiger partial charge in [0.25, 0.3) is 0 Å². The number of alkyl halides is 1. The van der Waals surface area contributed by atoms with Crippen LogP contribution in [0.2, 0.25) is 0 Å². The lowest BCUT2D eigenvalue weighted by molar-refractivity contribution is -0.138. The van der Waals surface area contributed by atoms with Crippen LogP contribution in [0.1, 0.15) is 0 Å². The minimum atomic E-state index is -2.99. The molecule has 0 radical (unpaired) electrons. The molecule has 0 saturated carbocycles. The standard InChI is InChI=1S/C24H19BrNO4PS/c25-20-21(28)26(23(20)32-16-27)22(24(29)30)31(17-10-4-1-5-11-17,18-12-6-2-7-13-18)19-14-8-3-9-15-19/h1-16,20,23H,(H,29,30). The largest absolute Gasteiger partial charge is 0.477 e. The van der Waals surface area contributed by atoms with E-state index in [1.807, 2.05) is 91.0 Å². The van der Waals surface area contributed by atoms with E-state index in [0.29, 0.717) is 5.62 Å². The van der Waals surface area contributed by atoms with Crippen LogP contribution in [0, 0.1) is 0 Å². The second kappa shape index (κ2) is 9.49. The Labute approximate surface area is 198 Å². The van der Waals surface area contributed by atoms with Crippen LogP contribution in [0.3, 0.4) is 0 Å². The summed E-state index contributed by atoms with van der Waals surface area (Å²) >= 11 is 4.22. The Bertz CT molecular complexity index is 1100. The first-order valence-electron chi connectivity index (χ1n) is 9.76. The molecule has 0 aliphatic carbocycles. The van der Waals surface area contributed by atoms with Crippen LogP contribution >= 0.6 is 34.6 Å². The van der Waals surface area contributed by atoms with Crippen molar-refractivity contribution < 1.29 is 19.5 Å². The molecule has 8 heteroatoms. The van der Waals surface area contributed by atoms with Gasteiger partial charge in [0, 0.05) is 6.89 Å². The van der Waals surface area contributed by atoms with Crippen molar-refractivity contribution in [1.29, 1.82) is 0 Å². The molecular formula is C24H19BrNO4PS. The molecule has 2 atom stereocenters. The van der Waals surface area contributed by atoms with E-state index in [4.69, 9.17) is 0 Å². The number of hydrogen-bond donors (Lipinski definition) is 1. The van der Waals surface area contributed by atoms with E-state index in [9.17, 15) is 19.5 Å². The maximum atomic E-state index is 13.0. The maximum Gasteiger partial charge on any atom is 0.353 e. The summed E-state index contributed by atoms with van der Waals surface area (Å²) in [6.45, 7) is -2.99. The van der Waals surface area contributed by atoms with Gasteiger partial charge in [-0.25, -0.2) is 4.79 Å². The third-order valence-electron chi connectivity index (χ3n) is 5.34. The average Bonchev–Trinajstić information content (AvgIpc) is 2.84. The molecule has 0 aromatic heterocycles. The number of halogens is 1. The van der Waals surface area contributed by atoms with Gasteiger partial charge in [0.2, 0.25) is 5.91 Å². The average molecular weight is 528 g/mol. The Kier molecular flexibility index (Phi) is 6.70. The lowest BCUT2D eigenvalue weighted by Gasteiger charge is -2.46. The zero-order chi connectivity index (χ0) is 22.7. The molecule has 0 bridgehead atoms. The van der Waals surface area contributed by atoms with Crippen LogP contribution in [0.25, 0.3) is 0 Å². The highest BCUT2D eigenvalue weighted by Crippen LogP contribution is 2.49. The van der Waals surface area contributed by atoms with Crippen molar-refractivity contribution in [3.8, 4) is 0 Å². The molecule has 0 spiro atoms. The number of rotatable bonds is 7.